The van der Waals surface area contributed by atoms with Crippen LogP contribution in [0.15, 0.2) is 23.8 Å². The maximum absolute atomic E-state index is 11.9. The van der Waals surface area contributed by atoms with Crippen molar-refractivity contribution in [1.82, 2.24) is 4.90 Å². The van der Waals surface area contributed by atoms with Crippen molar-refractivity contribution >= 4 is 5.97 Å². The number of esters is 1. The molecule has 2 unspecified atom stereocenters. The van der Waals surface area contributed by atoms with Crippen molar-refractivity contribution < 1.29 is 24.1 Å². The molecule has 1 aromatic rings. The summed E-state index contributed by atoms with van der Waals surface area (Å²) in [6, 6.07) is 4.56. The summed E-state index contributed by atoms with van der Waals surface area (Å²) in [7, 11) is 3.38. The summed E-state index contributed by atoms with van der Waals surface area (Å²) in [5, 5.41) is 11.9. The van der Waals surface area contributed by atoms with Crippen LogP contribution in [0.2, 0.25) is 0 Å². The van der Waals surface area contributed by atoms with E-state index in [1.807, 2.05) is 6.92 Å². The van der Waals surface area contributed by atoms with Gasteiger partial charge in [-0.3, -0.25) is 9.69 Å². The predicted molar refractivity (Wildman–Crippen MR) is 137 cm³/mol. The molecule has 1 aromatic carbocycles. The SMILES string of the molecule is COc1cc2c(cc1OC)C(C)N(CC(C)[C@@H]1CC[C@@H](C)[C@]3(O)C[C@@H](OC(C)=O)C(C)=C[C@H]13)CC2. The normalized spacial score (nSPS) is 33.7. The highest BCUT2D eigenvalue weighted by atomic mass is 16.5. The van der Waals surface area contributed by atoms with Gasteiger partial charge in [-0.15, -0.1) is 0 Å². The van der Waals surface area contributed by atoms with Gasteiger partial charge in [0.1, 0.15) is 6.10 Å². The zero-order valence-corrected chi connectivity index (χ0v) is 22.5. The molecule has 7 atom stereocenters. The van der Waals surface area contributed by atoms with Gasteiger partial charge in [0, 0.05) is 38.4 Å². The molecule has 1 aliphatic heterocycles. The Morgan fingerprint density at radius 2 is 1.89 bits per heavy atom. The van der Waals surface area contributed by atoms with Gasteiger partial charge in [0.15, 0.2) is 11.5 Å². The van der Waals surface area contributed by atoms with E-state index in [0.29, 0.717) is 24.3 Å². The van der Waals surface area contributed by atoms with Gasteiger partial charge in [-0.2, -0.15) is 0 Å². The molecule has 0 aromatic heterocycles. The molecule has 0 spiro atoms. The first-order chi connectivity index (χ1) is 16.6. The van der Waals surface area contributed by atoms with Gasteiger partial charge in [0.25, 0.3) is 0 Å². The van der Waals surface area contributed by atoms with Crippen molar-refractivity contribution in [2.24, 2.45) is 23.7 Å². The van der Waals surface area contributed by atoms with E-state index < -0.39 is 5.60 Å². The van der Waals surface area contributed by atoms with Gasteiger partial charge in [-0.1, -0.05) is 19.9 Å². The fourth-order valence-corrected chi connectivity index (χ4v) is 6.95. The van der Waals surface area contributed by atoms with Crippen molar-refractivity contribution in [2.75, 3.05) is 27.3 Å². The molecule has 1 saturated carbocycles. The number of nitrogens with zero attached hydrogens (tertiary/aromatic N) is 1. The van der Waals surface area contributed by atoms with E-state index in [0.717, 1.165) is 49.4 Å². The zero-order valence-electron chi connectivity index (χ0n) is 22.5. The van der Waals surface area contributed by atoms with Gasteiger partial charge in [-0.05, 0) is 79.7 Å². The lowest BCUT2D eigenvalue weighted by molar-refractivity contribution is -0.159. The quantitative estimate of drug-likeness (QED) is 0.455. The Bertz CT molecular complexity index is 974. The van der Waals surface area contributed by atoms with E-state index in [2.05, 4.69) is 43.9 Å². The van der Waals surface area contributed by atoms with Crippen LogP contribution >= 0.6 is 0 Å². The monoisotopic (exact) mass is 485 g/mol. The summed E-state index contributed by atoms with van der Waals surface area (Å²) in [6.45, 7) is 12.3. The molecule has 6 heteroatoms. The molecule has 3 aliphatic rings. The Hall–Kier alpha value is -2.05. The maximum atomic E-state index is 11.9. The van der Waals surface area contributed by atoms with E-state index in [1.54, 1.807) is 14.2 Å². The minimum Gasteiger partial charge on any atom is -0.493 e. The first-order valence-corrected chi connectivity index (χ1v) is 13.2. The molecule has 2 aliphatic carbocycles. The Labute approximate surface area is 210 Å². The largest absolute Gasteiger partial charge is 0.493 e. The van der Waals surface area contributed by atoms with Gasteiger partial charge in [0.2, 0.25) is 0 Å². The number of carbonyl (C=O) groups is 1. The number of ether oxygens (including phenoxy) is 3. The van der Waals surface area contributed by atoms with Crippen molar-refractivity contribution in [3.8, 4) is 11.5 Å². The molecule has 6 nitrogen and oxygen atoms in total. The van der Waals surface area contributed by atoms with Crippen LogP contribution in [0.1, 0.15) is 71.0 Å². The van der Waals surface area contributed by atoms with E-state index in [9.17, 15) is 9.90 Å². The Balaban J connectivity index is 1.53. The third-order valence-corrected chi connectivity index (χ3v) is 9.16. The third-order valence-electron chi connectivity index (χ3n) is 9.16. The second-order valence-corrected chi connectivity index (χ2v) is 11.2. The third kappa shape index (κ3) is 4.84. The fraction of sp³-hybridized carbons (Fsp3) is 0.690. The van der Waals surface area contributed by atoms with Crippen molar-refractivity contribution in [3.63, 3.8) is 0 Å². The molecule has 1 fully saturated rings. The average Bonchev–Trinajstić information content (AvgIpc) is 2.82. The molecule has 0 amide bonds. The second-order valence-electron chi connectivity index (χ2n) is 11.2. The number of benzene rings is 1. The smallest absolute Gasteiger partial charge is 0.303 e. The minimum atomic E-state index is -0.833. The topological polar surface area (TPSA) is 68.2 Å². The number of aliphatic hydroxyl groups is 1. The highest BCUT2D eigenvalue weighted by molar-refractivity contribution is 5.66. The summed E-state index contributed by atoms with van der Waals surface area (Å²) in [6.07, 6.45) is 5.50. The van der Waals surface area contributed by atoms with Crippen LogP contribution in [0.5, 0.6) is 11.5 Å². The van der Waals surface area contributed by atoms with Gasteiger partial charge < -0.3 is 19.3 Å². The van der Waals surface area contributed by atoms with Crippen LogP contribution in [0.3, 0.4) is 0 Å². The molecule has 194 valence electrons. The van der Waals surface area contributed by atoms with Crippen molar-refractivity contribution in [1.29, 1.82) is 0 Å². The fourth-order valence-electron chi connectivity index (χ4n) is 6.95. The number of carbonyl (C=O) groups excluding carboxylic acids is 1. The molecular weight excluding hydrogens is 442 g/mol. The molecular formula is C29H43NO5. The summed E-state index contributed by atoms with van der Waals surface area (Å²) in [4.78, 5) is 14.2. The summed E-state index contributed by atoms with van der Waals surface area (Å²) < 4.78 is 16.7. The zero-order chi connectivity index (χ0) is 25.5. The summed E-state index contributed by atoms with van der Waals surface area (Å²) >= 11 is 0. The van der Waals surface area contributed by atoms with Crippen LogP contribution in [0.4, 0.5) is 0 Å². The van der Waals surface area contributed by atoms with Crippen molar-refractivity contribution in [2.45, 2.75) is 78.0 Å². The lowest BCUT2D eigenvalue weighted by Crippen LogP contribution is -2.56. The van der Waals surface area contributed by atoms with Crippen LogP contribution in [0, 0.1) is 23.7 Å². The lowest BCUT2D eigenvalue weighted by Gasteiger charge is -2.53. The van der Waals surface area contributed by atoms with Gasteiger partial charge in [0.05, 0.1) is 19.8 Å². The standard InChI is InChI=1S/C29H43NO5/c1-17-12-25-23(9-8-19(3)29(25,32)15-28(17)35-21(5)31)18(2)16-30-11-10-22-13-26(33-6)27(34-7)14-24(22)20(30)4/h12-14,18-20,23,25,28,32H,8-11,15-16H2,1-7H3/t18?,19-,20?,23+,25-,28-,29-/m1/s1. The van der Waals surface area contributed by atoms with Crippen LogP contribution < -0.4 is 9.47 Å². The maximum Gasteiger partial charge on any atom is 0.303 e. The molecule has 1 N–H and O–H groups in total. The minimum absolute atomic E-state index is 0.0878. The second kappa shape index (κ2) is 10.1. The van der Waals surface area contributed by atoms with E-state index in [1.165, 1.54) is 18.1 Å². The van der Waals surface area contributed by atoms with Gasteiger partial charge in [-0.25, -0.2) is 0 Å². The molecule has 35 heavy (non-hydrogen) atoms. The average molecular weight is 486 g/mol. The number of rotatable bonds is 6. The van der Waals surface area contributed by atoms with E-state index in [4.69, 9.17) is 14.2 Å². The highest BCUT2D eigenvalue weighted by Crippen LogP contribution is 2.51. The molecule has 0 radical (unpaired) electrons. The Morgan fingerprint density at radius 3 is 2.54 bits per heavy atom. The number of hydrogen-bond acceptors (Lipinski definition) is 6. The van der Waals surface area contributed by atoms with E-state index >= 15 is 0 Å². The first kappa shape index (κ1) is 26.0. The van der Waals surface area contributed by atoms with Crippen molar-refractivity contribution in [3.05, 3.63) is 34.9 Å². The Morgan fingerprint density at radius 1 is 1.20 bits per heavy atom. The van der Waals surface area contributed by atoms with E-state index in [-0.39, 0.29) is 23.9 Å². The molecule has 0 saturated heterocycles. The van der Waals surface area contributed by atoms with Gasteiger partial charge >= 0.3 is 5.97 Å². The predicted octanol–water partition coefficient (Wildman–Crippen LogP) is 4.93. The summed E-state index contributed by atoms with van der Waals surface area (Å²) in [5.74, 6) is 2.38. The highest BCUT2D eigenvalue weighted by Gasteiger charge is 2.52. The molecule has 1 heterocycles. The number of methoxy groups -OCH3 is 2. The van der Waals surface area contributed by atoms with Crippen LogP contribution in [-0.2, 0) is 16.0 Å². The molecule has 0 bridgehead atoms. The summed E-state index contributed by atoms with van der Waals surface area (Å²) in [5.41, 5.74) is 2.89. The number of fused-ring (bicyclic) bond motifs is 2. The number of hydrogen-bond donors (Lipinski definition) is 1. The molecule has 4 rings (SSSR count). The first-order valence-electron chi connectivity index (χ1n) is 13.2. The van der Waals surface area contributed by atoms with Crippen LogP contribution in [0.25, 0.3) is 0 Å². The van der Waals surface area contributed by atoms with Crippen LogP contribution in [-0.4, -0.2) is 55.0 Å². The lowest BCUT2D eigenvalue weighted by atomic mass is 9.57. The Kier molecular flexibility index (Phi) is 7.54.